The van der Waals surface area contributed by atoms with Crippen molar-refractivity contribution in [2.45, 2.75) is 11.4 Å². The van der Waals surface area contributed by atoms with Gasteiger partial charge in [0.15, 0.2) is 9.84 Å². The lowest BCUT2D eigenvalue weighted by Crippen LogP contribution is -2.02. The van der Waals surface area contributed by atoms with Crippen LogP contribution in [0.5, 0.6) is 0 Å². The molecule has 0 saturated carbocycles. The van der Waals surface area contributed by atoms with Crippen molar-refractivity contribution in [1.82, 2.24) is 9.97 Å². The van der Waals surface area contributed by atoms with Crippen LogP contribution >= 0.6 is 15.9 Å². The van der Waals surface area contributed by atoms with Crippen molar-refractivity contribution in [3.05, 3.63) is 52.5 Å². The minimum atomic E-state index is -3.15. The molecule has 3 rings (SSSR count). The maximum absolute atomic E-state index is 11.4. The standard InChI is InChI=1S/C15H14BrN3O2S/c1-22(20,21)12-5-2-10(3-6-12)9-17-15-18-13-7-4-11(16)8-14(13)19-15/h2-8H,9H2,1H3,(H2,17,18,19). The maximum atomic E-state index is 11.4. The lowest BCUT2D eigenvalue weighted by Gasteiger charge is -2.04. The van der Waals surface area contributed by atoms with E-state index in [2.05, 4.69) is 31.2 Å². The van der Waals surface area contributed by atoms with Crippen LogP contribution in [0, 0.1) is 0 Å². The van der Waals surface area contributed by atoms with Gasteiger partial charge in [-0.2, -0.15) is 0 Å². The lowest BCUT2D eigenvalue weighted by molar-refractivity contribution is 0.602. The predicted octanol–water partition coefficient (Wildman–Crippen LogP) is 3.34. The van der Waals surface area contributed by atoms with Crippen LogP contribution in [-0.2, 0) is 16.4 Å². The van der Waals surface area contributed by atoms with Crippen molar-refractivity contribution >= 4 is 42.7 Å². The van der Waals surface area contributed by atoms with Crippen molar-refractivity contribution in [2.75, 3.05) is 11.6 Å². The molecule has 0 atom stereocenters. The average Bonchev–Trinajstić information content (AvgIpc) is 2.86. The van der Waals surface area contributed by atoms with E-state index in [0.717, 1.165) is 21.1 Å². The van der Waals surface area contributed by atoms with E-state index in [9.17, 15) is 8.42 Å². The number of aromatic amines is 1. The van der Waals surface area contributed by atoms with Gasteiger partial charge in [0.1, 0.15) is 0 Å². The molecule has 22 heavy (non-hydrogen) atoms. The summed E-state index contributed by atoms with van der Waals surface area (Å²) in [4.78, 5) is 7.96. The van der Waals surface area contributed by atoms with Gasteiger partial charge in [-0.3, -0.25) is 0 Å². The quantitative estimate of drug-likeness (QED) is 0.728. The first-order valence-electron chi connectivity index (χ1n) is 6.60. The maximum Gasteiger partial charge on any atom is 0.201 e. The van der Waals surface area contributed by atoms with Crippen molar-refractivity contribution in [3.8, 4) is 0 Å². The molecule has 0 radical (unpaired) electrons. The summed E-state index contributed by atoms with van der Waals surface area (Å²) in [6.45, 7) is 0.561. The molecule has 0 saturated heterocycles. The number of nitrogens with one attached hydrogen (secondary N) is 2. The van der Waals surface area contributed by atoms with E-state index in [-0.39, 0.29) is 0 Å². The van der Waals surface area contributed by atoms with Crippen molar-refractivity contribution in [3.63, 3.8) is 0 Å². The third-order valence-corrected chi connectivity index (χ3v) is 4.88. The number of imidazole rings is 1. The number of halogens is 1. The molecule has 2 aromatic carbocycles. The van der Waals surface area contributed by atoms with Crippen LogP contribution in [0.4, 0.5) is 5.95 Å². The van der Waals surface area contributed by atoms with Crippen LogP contribution in [0.1, 0.15) is 5.56 Å². The topological polar surface area (TPSA) is 74.8 Å². The fraction of sp³-hybridized carbons (Fsp3) is 0.133. The van der Waals surface area contributed by atoms with E-state index in [1.165, 1.54) is 6.26 Å². The second kappa shape index (κ2) is 5.73. The number of hydrogen-bond acceptors (Lipinski definition) is 4. The molecule has 1 heterocycles. The molecule has 2 N–H and O–H groups in total. The van der Waals surface area contributed by atoms with Crippen LogP contribution in [-0.4, -0.2) is 24.6 Å². The van der Waals surface area contributed by atoms with E-state index in [1.54, 1.807) is 24.3 Å². The Kier molecular flexibility index (Phi) is 3.92. The highest BCUT2D eigenvalue weighted by atomic mass is 79.9. The summed E-state index contributed by atoms with van der Waals surface area (Å²) in [5.41, 5.74) is 2.82. The number of benzene rings is 2. The van der Waals surface area contributed by atoms with Crippen molar-refractivity contribution < 1.29 is 8.42 Å². The lowest BCUT2D eigenvalue weighted by atomic mass is 10.2. The van der Waals surface area contributed by atoms with Crippen LogP contribution in [0.25, 0.3) is 11.0 Å². The van der Waals surface area contributed by atoms with Crippen molar-refractivity contribution in [1.29, 1.82) is 0 Å². The highest BCUT2D eigenvalue weighted by Crippen LogP contribution is 2.20. The minimum absolute atomic E-state index is 0.324. The van der Waals surface area contributed by atoms with Gasteiger partial charge in [-0.1, -0.05) is 28.1 Å². The number of rotatable bonds is 4. The molecule has 0 bridgehead atoms. The number of aromatic nitrogens is 2. The van der Waals surface area contributed by atoms with Gasteiger partial charge in [0.25, 0.3) is 0 Å². The monoisotopic (exact) mass is 379 g/mol. The number of hydrogen-bond donors (Lipinski definition) is 2. The van der Waals surface area contributed by atoms with Crippen LogP contribution < -0.4 is 5.32 Å². The molecular weight excluding hydrogens is 366 g/mol. The number of sulfone groups is 1. The number of fused-ring (bicyclic) bond motifs is 1. The van der Waals surface area contributed by atoms with E-state index in [4.69, 9.17) is 0 Å². The van der Waals surface area contributed by atoms with Gasteiger partial charge < -0.3 is 10.3 Å². The fourth-order valence-corrected chi connectivity index (χ4v) is 3.10. The Morgan fingerprint density at radius 1 is 1.18 bits per heavy atom. The largest absolute Gasteiger partial charge is 0.352 e. The molecule has 0 aliphatic rings. The van der Waals surface area contributed by atoms with Crippen LogP contribution in [0.2, 0.25) is 0 Å². The third-order valence-electron chi connectivity index (χ3n) is 3.26. The average molecular weight is 380 g/mol. The molecule has 114 valence electrons. The SMILES string of the molecule is CS(=O)(=O)c1ccc(CNc2nc3ccc(Br)cc3[nH]2)cc1. The molecule has 5 nitrogen and oxygen atoms in total. The van der Waals surface area contributed by atoms with E-state index in [0.29, 0.717) is 17.4 Å². The highest BCUT2D eigenvalue weighted by Gasteiger charge is 2.07. The Balaban J connectivity index is 1.73. The van der Waals surface area contributed by atoms with E-state index in [1.807, 2.05) is 18.2 Å². The Hall–Kier alpha value is -1.86. The molecule has 3 aromatic rings. The number of H-pyrrole nitrogens is 1. The summed E-state index contributed by atoms with van der Waals surface area (Å²) in [5, 5.41) is 3.20. The number of anilines is 1. The Labute approximate surface area is 136 Å². The van der Waals surface area contributed by atoms with Gasteiger partial charge in [0, 0.05) is 17.3 Å². The zero-order chi connectivity index (χ0) is 15.7. The first-order valence-corrected chi connectivity index (χ1v) is 9.28. The summed E-state index contributed by atoms with van der Waals surface area (Å²) in [6, 6.07) is 12.7. The zero-order valence-electron chi connectivity index (χ0n) is 11.8. The summed E-state index contributed by atoms with van der Waals surface area (Å²) in [7, 11) is -3.15. The molecule has 0 aliphatic carbocycles. The highest BCUT2D eigenvalue weighted by molar-refractivity contribution is 9.10. The Morgan fingerprint density at radius 2 is 1.91 bits per heavy atom. The number of nitrogens with zero attached hydrogens (tertiary/aromatic N) is 1. The normalized spacial score (nSPS) is 11.7. The second-order valence-electron chi connectivity index (χ2n) is 5.02. The smallest absolute Gasteiger partial charge is 0.201 e. The minimum Gasteiger partial charge on any atom is -0.352 e. The zero-order valence-corrected chi connectivity index (χ0v) is 14.2. The van der Waals surface area contributed by atoms with Crippen molar-refractivity contribution in [2.24, 2.45) is 0 Å². The molecular formula is C15H14BrN3O2S. The van der Waals surface area contributed by atoms with Gasteiger partial charge in [0.2, 0.25) is 5.95 Å². The van der Waals surface area contributed by atoms with Crippen LogP contribution in [0.3, 0.4) is 0 Å². The molecule has 0 spiro atoms. The predicted molar refractivity (Wildman–Crippen MR) is 90.7 cm³/mol. The summed E-state index contributed by atoms with van der Waals surface area (Å²) >= 11 is 3.42. The second-order valence-corrected chi connectivity index (χ2v) is 7.95. The van der Waals surface area contributed by atoms with Crippen LogP contribution in [0.15, 0.2) is 51.8 Å². The first-order chi connectivity index (χ1) is 10.4. The van der Waals surface area contributed by atoms with Gasteiger partial charge >= 0.3 is 0 Å². The molecule has 1 aromatic heterocycles. The molecule has 0 unspecified atom stereocenters. The molecule has 7 heteroatoms. The summed E-state index contributed by atoms with van der Waals surface area (Å²) in [5.74, 6) is 0.681. The first kappa shape index (κ1) is 15.1. The van der Waals surface area contributed by atoms with Gasteiger partial charge in [-0.15, -0.1) is 0 Å². The Bertz CT molecular complexity index is 918. The van der Waals surface area contributed by atoms with E-state index < -0.39 is 9.84 Å². The summed E-state index contributed by atoms with van der Waals surface area (Å²) < 4.78 is 23.8. The van der Waals surface area contributed by atoms with Gasteiger partial charge in [-0.25, -0.2) is 13.4 Å². The van der Waals surface area contributed by atoms with E-state index >= 15 is 0 Å². The van der Waals surface area contributed by atoms with Gasteiger partial charge in [-0.05, 0) is 35.9 Å². The summed E-state index contributed by atoms with van der Waals surface area (Å²) in [6.07, 6.45) is 1.20. The van der Waals surface area contributed by atoms with Gasteiger partial charge in [0.05, 0.1) is 15.9 Å². The molecule has 0 amide bonds. The molecule has 0 aliphatic heterocycles. The molecule has 0 fully saturated rings. The Morgan fingerprint density at radius 3 is 2.59 bits per heavy atom. The fourth-order valence-electron chi connectivity index (χ4n) is 2.11. The third kappa shape index (κ3) is 3.31.